The second kappa shape index (κ2) is 6.33. The molecule has 3 aromatic rings. The molecule has 2 saturated heterocycles. The lowest BCUT2D eigenvalue weighted by Crippen LogP contribution is -2.51. The molecule has 4 heterocycles. The maximum Gasteiger partial charge on any atom is 0.324 e. The SMILES string of the molecule is CN1CCN(c2cnn(C3CN(C(=O)c4ccc5ccccc5n4)C3)c2)C1=O. The highest BCUT2D eigenvalue weighted by Gasteiger charge is 2.34. The molecule has 0 saturated carbocycles. The minimum atomic E-state index is -0.0641. The van der Waals surface area contributed by atoms with Gasteiger partial charge >= 0.3 is 6.03 Å². The van der Waals surface area contributed by atoms with Crippen molar-refractivity contribution < 1.29 is 9.59 Å². The van der Waals surface area contributed by atoms with E-state index in [-0.39, 0.29) is 18.0 Å². The van der Waals surface area contributed by atoms with E-state index in [2.05, 4.69) is 10.1 Å². The largest absolute Gasteiger partial charge is 0.333 e. The summed E-state index contributed by atoms with van der Waals surface area (Å²) in [5.41, 5.74) is 2.08. The van der Waals surface area contributed by atoms with Crippen LogP contribution in [0, 0.1) is 0 Å². The summed E-state index contributed by atoms with van der Waals surface area (Å²) in [6.07, 6.45) is 3.60. The molecule has 0 radical (unpaired) electrons. The summed E-state index contributed by atoms with van der Waals surface area (Å²) < 4.78 is 1.85. The van der Waals surface area contributed by atoms with E-state index in [1.54, 1.807) is 34.0 Å². The van der Waals surface area contributed by atoms with Crippen molar-refractivity contribution in [2.45, 2.75) is 6.04 Å². The average molecular weight is 376 g/mol. The van der Waals surface area contributed by atoms with Gasteiger partial charge in [-0.1, -0.05) is 24.3 Å². The zero-order valence-corrected chi connectivity index (χ0v) is 15.5. The molecule has 2 aliphatic rings. The van der Waals surface area contributed by atoms with Gasteiger partial charge in [-0.15, -0.1) is 0 Å². The lowest BCUT2D eigenvalue weighted by atomic mass is 10.1. The number of rotatable bonds is 3. The van der Waals surface area contributed by atoms with Crippen molar-refractivity contribution in [3.63, 3.8) is 0 Å². The number of nitrogens with zero attached hydrogens (tertiary/aromatic N) is 6. The van der Waals surface area contributed by atoms with E-state index >= 15 is 0 Å². The Morgan fingerprint density at radius 3 is 2.71 bits per heavy atom. The molecule has 0 bridgehead atoms. The Morgan fingerprint density at radius 1 is 1.11 bits per heavy atom. The van der Waals surface area contributed by atoms with Crippen LogP contribution in [-0.2, 0) is 0 Å². The number of likely N-dealkylation sites (tertiary alicyclic amines) is 1. The van der Waals surface area contributed by atoms with Gasteiger partial charge in [-0.25, -0.2) is 9.78 Å². The molecular weight excluding hydrogens is 356 g/mol. The van der Waals surface area contributed by atoms with Crippen molar-refractivity contribution in [3.05, 3.63) is 54.5 Å². The number of hydrogen-bond donors (Lipinski definition) is 0. The normalized spacial score (nSPS) is 17.5. The van der Waals surface area contributed by atoms with Crippen molar-refractivity contribution in [1.29, 1.82) is 0 Å². The van der Waals surface area contributed by atoms with Crippen LogP contribution in [-0.4, -0.2) is 69.7 Å². The number of benzene rings is 1. The van der Waals surface area contributed by atoms with Crippen molar-refractivity contribution in [3.8, 4) is 0 Å². The van der Waals surface area contributed by atoms with Crippen LogP contribution in [0.15, 0.2) is 48.8 Å². The summed E-state index contributed by atoms with van der Waals surface area (Å²) in [7, 11) is 1.79. The Morgan fingerprint density at radius 2 is 1.93 bits per heavy atom. The number of likely N-dealkylation sites (N-methyl/N-ethyl adjacent to an activating group) is 1. The molecule has 5 rings (SSSR count). The molecule has 8 heteroatoms. The molecular formula is C20H20N6O2. The molecule has 0 atom stereocenters. The Bertz CT molecular complexity index is 1070. The molecule has 142 valence electrons. The van der Waals surface area contributed by atoms with Crippen molar-refractivity contribution >= 4 is 28.5 Å². The van der Waals surface area contributed by atoms with Gasteiger partial charge in [0.15, 0.2) is 0 Å². The number of pyridine rings is 1. The predicted octanol–water partition coefficient (Wildman–Crippen LogP) is 2.00. The van der Waals surface area contributed by atoms with Gasteiger partial charge in [0.05, 0.1) is 23.4 Å². The molecule has 3 amide bonds. The maximum absolute atomic E-state index is 12.7. The molecule has 2 aliphatic heterocycles. The van der Waals surface area contributed by atoms with Gasteiger partial charge in [-0.3, -0.25) is 14.4 Å². The number of urea groups is 1. The van der Waals surface area contributed by atoms with Crippen LogP contribution in [0.2, 0.25) is 0 Å². The van der Waals surface area contributed by atoms with Crippen LogP contribution < -0.4 is 4.90 Å². The van der Waals surface area contributed by atoms with Crippen LogP contribution >= 0.6 is 0 Å². The van der Waals surface area contributed by atoms with E-state index in [1.165, 1.54) is 0 Å². The van der Waals surface area contributed by atoms with E-state index in [4.69, 9.17) is 0 Å². The van der Waals surface area contributed by atoms with Crippen LogP contribution in [0.25, 0.3) is 10.9 Å². The van der Waals surface area contributed by atoms with E-state index in [1.807, 2.05) is 41.2 Å². The molecule has 0 N–H and O–H groups in total. The number of hydrogen-bond acceptors (Lipinski definition) is 4. The smallest absolute Gasteiger partial charge is 0.324 e. The van der Waals surface area contributed by atoms with Gasteiger partial charge in [-0.05, 0) is 12.1 Å². The molecule has 28 heavy (non-hydrogen) atoms. The minimum Gasteiger partial charge on any atom is -0.333 e. The van der Waals surface area contributed by atoms with Crippen molar-refractivity contribution in [1.82, 2.24) is 24.6 Å². The topological polar surface area (TPSA) is 74.6 Å². The number of carbonyl (C=O) groups is 2. The summed E-state index contributed by atoms with van der Waals surface area (Å²) in [5.74, 6) is -0.0641. The third-order valence-corrected chi connectivity index (χ3v) is 5.46. The molecule has 1 aromatic carbocycles. The lowest BCUT2D eigenvalue weighted by Gasteiger charge is -2.39. The van der Waals surface area contributed by atoms with Crippen LogP contribution in [0.1, 0.15) is 16.5 Å². The summed E-state index contributed by atoms with van der Waals surface area (Å²) in [4.78, 5) is 34.5. The highest BCUT2D eigenvalue weighted by Crippen LogP contribution is 2.26. The highest BCUT2D eigenvalue weighted by molar-refractivity contribution is 5.95. The molecule has 8 nitrogen and oxygen atoms in total. The van der Waals surface area contributed by atoms with Crippen molar-refractivity contribution in [2.75, 3.05) is 38.1 Å². The second-order valence-corrected chi connectivity index (χ2v) is 7.29. The zero-order chi connectivity index (χ0) is 19.3. The van der Waals surface area contributed by atoms with E-state index in [0.717, 1.165) is 16.6 Å². The predicted molar refractivity (Wildman–Crippen MR) is 104 cm³/mol. The number of para-hydroxylation sites is 1. The third kappa shape index (κ3) is 2.69. The molecule has 2 fully saturated rings. The van der Waals surface area contributed by atoms with Gasteiger partial charge in [0.1, 0.15) is 5.69 Å². The Balaban J connectivity index is 1.26. The van der Waals surface area contributed by atoms with Gasteiger partial charge < -0.3 is 9.80 Å². The van der Waals surface area contributed by atoms with Crippen LogP contribution in [0.3, 0.4) is 0 Å². The molecule has 0 aliphatic carbocycles. The minimum absolute atomic E-state index is 0.00709. The first-order valence-electron chi connectivity index (χ1n) is 9.32. The Labute approximate surface area is 162 Å². The fourth-order valence-corrected chi connectivity index (χ4v) is 3.69. The molecule has 2 aromatic heterocycles. The summed E-state index contributed by atoms with van der Waals surface area (Å²) >= 11 is 0. The fourth-order valence-electron chi connectivity index (χ4n) is 3.69. The number of carbonyl (C=O) groups excluding carboxylic acids is 2. The van der Waals surface area contributed by atoms with Gasteiger partial charge in [0, 0.05) is 44.8 Å². The van der Waals surface area contributed by atoms with Crippen LogP contribution in [0.5, 0.6) is 0 Å². The zero-order valence-electron chi connectivity index (χ0n) is 15.5. The average Bonchev–Trinajstić information content (AvgIpc) is 3.27. The van der Waals surface area contributed by atoms with Gasteiger partial charge in [-0.2, -0.15) is 5.10 Å². The highest BCUT2D eigenvalue weighted by atomic mass is 16.2. The van der Waals surface area contributed by atoms with E-state index < -0.39 is 0 Å². The third-order valence-electron chi connectivity index (χ3n) is 5.46. The summed E-state index contributed by atoms with van der Waals surface area (Å²) in [6.45, 7) is 2.56. The quantitative estimate of drug-likeness (QED) is 0.701. The van der Waals surface area contributed by atoms with Gasteiger partial charge in [0.2, 0.25) is 0 Å². The second-order valence-electron chi connectivity index (χ2n) is 7.29. The summed E-state index contributed by atoms with van der Waals surface area (Å²) in [5, 5.41) is 5.42. The number of amides is 3. The van der Waals surface area contributed by atoms with Crippen LogP contribution in [0.4, 0.5) is 10.5 Å². The Hall–Kier alpha value is -3.42. The van der Waals surface area contributed by atoms with Crippen molar-refractivity contribution in [2.24, 2.45) is 0 Å². The summed E-state index contributed by atoms with van der Waals surface area (Å²) in [6, 6.07) is 11.6. The maximum atomic E-state index is 12.7. The lowest BCUT2D eigenvalue weighted by molar-refractivity contribution is 0.0496. The standard InChI is InChI=1S/C20H20N6O2/c1-23-8-9-25(20(23)28)15-10-21-26(13-15)16-11-24(12-16)19(27)18-7-6-14-4-2-3-5-17(14)22-18/h2-7,10,13,16H,8-9,11-12H2,1H3. The monoisotopic (exact) mass is 376 g/mol. The first kappa shape index (κ1) is 16.7. The first-order valence-corrected chi connectivity index (χ1v) is 9.32. The number of fused-ring (bicyclic) bond motifs is 1. The van der Waals surface area contributed by atoms with Gasteiger partial charge in [0.25, 0.3) is 5.91 Å². The van der Waals surface area contributed by atoms with E-state index in [0.29, 0.717) is 31.9 Å². The number of aromatic nitrogens is 3. The molecule has 0 spiro atoms. The van der Waals surface area contributed by atoms with E-state index in [9.17, 15) is 9.59 Å². The first-order chi connectivity index (χ1) is 13.6. The number of anilines is 1. The fraction of sp³-hybridized carbons (Fsp3) is 0.300. The molecule has 0 unspecified atom stereocenters. The Kier molecular flexibility index (Phi) is 3.78.